The summed E-state index contributed by atoms with van der Waals surface area (Å²) in [4.78, 5) is 45.4. The number of ketones is 1. The average molecular weight is 518 g/mol. The van der Waals surface area contributed by atoms with Crippen molar-refractivity contribution in [1.29, 1.82) is 0 Å². The predicted molar refractivity (Wildman–Crippen MR) is 138 cm³/mol. The number of aryl methyl sites for hydroxylation is 1. The highest BCUT2D eigenvalue weighted by molar-refractivity contribution is 6.35. The molecular formula is C28H21Cl2N3O3. The van der Waals surface area contributed by atoms with Crippen LogP contribution in [0.4, 0.5) is 0 Å². The van der Waals surface area contributed by atoms with E-state index in [-0.39, 0.29) is 24.1 Å². The highest BCUT2D eigenvalue weighted by atomic mass is 35.5. The Morgan fingerprint density at radius 1 is 0.889 bits per heavy atom. The molecule has 5 rings (SSSR count). The zero-order valence-electron chi connectivity index (χ0n) is 19.4. The van der Waals surface area contributed by atoms with E-state index in [1.54, 1.807) is 72.9 Å². The zero-order valence-corrected chi connectivity index (χ0v) is 20.9. The van der Waals surface area contributed by atoms with Gasteiger partial charge >= 0.3 is 0 Å². The summed E-state index contributed by atoms with van der Waals surface area (Å²) in [6.45, 7) is 2.00. The third-order valence-corrected chi connectivity index (χ3v) is 6.72. The predicted octanol–water partition coefficient (Wildman–Crippen LogP) is 6.16. The van der Waals surface area contributed by atoms with Crippen LogP contribution in [0.3, 0.4) is 0 Å². The first-order valence-corrected chi connectivity index (χ1v) is 12.3. The summed E-state index contributed by atoms with van der Waals surface area (Å²) >= 11 is 12.6. The monoisotopic (exact) mass is 517 g/mol. The van der Waals surface area contributed by atoms with Crippen LogP contribution in [0.15, 0.2) is 72.9 Å². The van der Waals surface area contributed by atoms with Gasteiger partial charge in [-0.1, -0.05) is 60.8 Å². The molecule has 2 amide bonds. The van der Waals surface area contributed by atoms with Crippen LogP contribution < -0.4 is 0 Å². The number of aromatic nitrogens is 2. The minimum Gasteiger partial charge on any atom is -0.298 e. The second-order valence-corrected chi connectivity index (χ2v) is 9.31. The molecule has 0 aliphatic carbocycles. The first-order chi connectivity index (χ1) is 17.4. The number of amides is 2. The molecular weight excluding hydrogens is 497 g/mol. The Hall–Kier alpha value is -3.74. The van der Waals surface area contributed by atoms with Crippen molar-refractivity contribution in [1.82, 2.24) is 14.5 Å². The maximum absolute atomic E-state index is 13.6. The van der Waals surface area contributed by atoms with E-state index in [0.717, 1.165) is 12.1 Å². The van der Waals surface area contributed by atoms with Gasteiger partial charge in [-0.3, -0.25) is 23.9 Å². The third kappa shape index (κ3) is 4.12. The summed E-state index contributed by atoms with van der Waals surface area (Å²) in [5, 5.41) is 0.729. The van der Waals surface area contributed by atoms with Crippen LogP contribution in [0.1, 0.15) is 61.5 Å². The summed E-state index contributed by atoms with van der Waals surface area (Å²) in [7, 11) is 0. The number of rotatable bonds is 7. The molecule has 0 radical (unpaired) electrons. The van der Waals surface area contributed by atoms with Crippen molar-refractivity contribution in [3.8, 4) is 5.69 Å². The molecule has 0 spiro atoms. The molecule has 1 aromatic heterocycles. The van der Waals surface area contributed by atoms with Gasteiger partial charge in [0.25, 0.3) is 11.8 Å². The first-order valence-electron chi connectivity index (χ1n) is 11.5. The SMILES string of the molecule is CCCc1cnc(CN2C(=O)c3ccccc3C2=O)n1-c1ccc(Cl)cc1C(=O)c1ccccc1Cl. The Kier molecular flexibility index (Phi) is 6.48. The second-order valence-electron chi connectivity index (χ2n) is 8.46. The van der Waals surface area contributed by atoms with Crippen LogP contribution in [0.5, 0.6) is 0 Å². The van der Waals surface area contributed by atoms with Crippen LogP contribution in [-0.2, 0) is 13.0 Å². The zero-order chi connectivity index (χ0) is 25.4. The van der Waals surface area contributed by atoms with Crippen molar-refractivity contribution in [3.05, 3.63) is 117 Å². The molecule has 4 aromatic rings. The molecule has 3 aromatic carbocycles. The molecule has 1 aliphatic heterocycles. The van der Waals surface area contributed by atoms with Crippen molar-refractivity contribution >= 4 is 40.8 Å². The minimum atomic E-state index is -0.370. The molecule has 0 fully saturated rings. The van der Waals surface area contributed by atoms with Gasteiger partial charge in [0.15, 0.2) is 5.78 Å². The lowest BCUT2D eigenvalue weighted by molar-refractivity contribution is 0.0637. The quantitative estimate of drug-likeness (QED) is 0.217. The average Bonchev–Trinajstić information content (AvgIpc) is 3.38. The fourth-order valence-electron chi connectivity index (χ4n) is 4.47. The lowest BCUT2D eigenvalue weighted by atomic mass is 10.0. The number of fused-ring (bicyclic) bond motifs is 1. The van der Waals surface area contributed by atoms with Crippen LogP contribution in [0, 0.1) is 0 Å². The van der Waals surface area contributed by atoms with Gasteiger partial charge in [0.1, 0.15) is 5.82 Å². The molecule has 8 heteroatoms. The Morgan fingerprint density at radius 2 is 1.56 bits per heavy atom. The van der Waals surface area contributed by atoms with E-state index in [2.05, 4.69) is 4.98 Å². The molecule has 0 N–H and O–H groups in total. The largest absolute Gasteiger partial charge is 0.298 e. The van der Waals surface area contributed by atoms with Crippen molar-refractivity contribution in [2.24, 2.45) is 0 Å². The Labute approximate surface area is 218 Å². The normalized spacial score (nSPS) is 12.8. The van der Waals surface area contributed by atoms with E-state index in [4.69, 9.17) is 23.2 Å². The van der Waals surface area contributed by atoms with E-state index in [0.29, 0.717) is 50.2 Å². The highest BCUT2D eigenvalue weighted by Crippen LogP contribution is 2.30. The Balaban J connectivity index is 1.62. The fourth-order valence-corrected chi connectivity index (χ4v) is 4.86. The van der Waals surface area contributed by atoms with Crippen molar-refractivity contribution < 1.29 is 14.4 Å². The van der Waals surface area contributed by atoms with Crippen molar-refractivity contribution in [2.45, 2.75) is 26.3 Å². The molecule has 0 bridgehead atoms. The van der Waals surface area contributed by atoms with E-state index < -0.39 is 0 Å². The van der Waals surface area contributed by atoms with E-state index in [1.807, 2.05) is 11.5 Å². The number of imide groups is 1. The summed E-state index contributed by atoms with van der Waals surface area (Å²) in [5.41, 5.74) is 2.83. The molecule has 0 saturated carbocycles. The van der Waals surface area contributed by atoms with Crippen LogP contribution in [0.25, 0.3) is 5.69 Å². The summed E-state index contributed by atoms with van der Waals surface area (Å²) in [6, 6.07) is 18.6. The van der Waals surface area contributed by atoms with Crippen LogP contribution in [-0.4, -0.2) is 32.0 Å². The number of carbonyl (C=O) groups is 3. The van der Waals surface area contributed by atoms with Gasteiger partial charge in [-0.15, -0.1) is 0 Å². The summed E-state index contributed by atoms with van der Waals surface area (Å²) in [5.74, 6) is -0.569. The topological polar surface area (TPSA) is 72.3 Å². The van der Waals surface area contributed by atoms with E-state index >= 15 is 0 Å². The molecule has 0 atom stereocenters. The van der Waals surface area contributed by atoms with Gasteiger partial charge in [-0.05, 0) is 48.9 Å². The van der Waals surface area contributed by atoms with Gasteiger partial charge < -0.3 is 0 Å². The van der Waals surface area contributed by atoms with E-state index in [1.165, 1.54) is 4.90 Å². The Morgan fingerprint density at radius 3 is 2.22 bits per heavy atom. The van der Waals surface area contributed by atoms with Gasteiger partial charge in [0.2, 0.25) is 0 Å². The van der Waals surface area contributed by atoms with Crippen LogP contribution in [0.2, 0.25) is 10.0 Å². The summed E-state index contributed by atoms with van der Waals surface area (Å²) in [6.07, 6.45) is 3.23. The molecule has 36 heavy (non-hydrogen) atoms. The molecule has 180 valence electrons. The number of benzene rings is 3. The number of hydrogen-bond donors (Lipinski definition) is 0. The number of hydrogen-bond acceptors (Lipinski definition) is 4. The van der Waals surface area contributed by atoms with E-state index in [9.17, 15) is 14.4 Å². The highest BCUT2D eigenvalue weighted by Gasteiger charge is 2.36. The van der Waals surface area contributed by atoms with Crippen LogP contribution >= 0.6 is 23.2 Å². The molecule has 1 aliphatic rings. The Bertz CT molecular complexity index is 1490. The number of nitrogens with zero attached hydrogens (tertiary/aromatic N) is 3. The molecule has 0 unspecified atom stereocenters. The van der Waals surface area contributed by atoms with Crippen molar-refractivity contribution in [2.75, 3.05) is 0 Å². The van der Waals surface area contributed by atoms with Gasteiger partial charge in [-0.25, -0.2) is 4.98 Å². The van der Waals surface area contributed by atoms with Gasteiger partial charge in [-0.2, -0.15) is 0 Å². The van der Waals surface area contributed by atoms with Gasteiger partial charge in [0, 0.05) is 28.0 Å². The third-order valence-electron chi connectivity index (χ3n) is 6.15. The smallest absolute Gasteiger partial charge is 0.261 e. The summed E-state index contributed by atoms with van der Waals surface area (Å²) < 4.78 is 1.84. The maximum atomic E-state index is 13.6. The minimum absolute atomic E-state index is 0.0432. The number of imidazole rings is 1. The molecule has 6 nitrogen and oxygen atoms in total. The number of halogens is 2. The fraction of sp³-hybridized carbons (Fsp3) is 0.143. The standard InChI is InChI=1S/C28H21Cl2N3O3/c1-2-7-18-15-31-25(16-32-27(35)19-8-3-4-9-20(19)28(32)36)33(18)24-13-12-17(29)14-22(24)26(34)21-10-5-6-11-23(21)30/h3-6,8-15H,2,7,16H2,1H3. The number of carbonyl (C=O) groups excluding carboxylic acids is 3. The molecule has 2 heterocycles. The lowest BCUT2D eigenvalue weighted by Crippen LogP contribution is -2.30. The second kappa shape index (κ2) is 9.72. The maximum Gasteiger partial charge on any atom is 0.261 e. The molecule has 0 saturated heterocycles. The lowest BCUT2D eigenvalue weighted by Gasteiger charge is -2.19. The van der Waals surface area contributed by atoms with Crippen molar-refractivity contribution in [3.63, 3.8) is 0 Å². The van der Waals surface area contributed by atoms with Gasteiger partial charge in [0.05, 0.1) is 28.4 Å². The first kappa shape index (κ1) is 24.0.